The lowest BCUT2D eigenvalue weighted by molar-refractivity contribution is 1.25. The maximum atomic E-state index is 5.88. The van der Waals surface area contributed by atoms with Gasteiger partial charge >= 0.3 is 0 Å². The van der Waals surface area contributed by atoms with Crippen molar-refractivity contribution >= 4 is 38.9 Å². The summed E-state index contributed by atoms with van der Waals surface area (Å²) in [6.45, 7) is 0. The van der Waals surface area contributed by atoms with Crippen molar-refractivity contribution in [2.24, 2.45) is 0 Å². The first-order chi connectivity index (χ1) is 6.81. The Balaban J connectivity index is 2.51. The van der Waals surface area contributed by atoms with Crippen LogP contribution in [-0.4, -0.2) is 4.98 Å². The van der Waals surface area contributed by atoms with Crippen LogP contribution in [0.4, 0.5) is 0 Å². The van der Waals surface area contributed by atoms with Gasteiger partial charge in [0.1, 0.15) is 0 Å². The smallest absolute Gasteiger partial charge is 0.184 e. The fourth-order valence-electron chi connectivity index (χ4n) is 1.23. The Morgan fingerprint density at radius 2 is 2.00 bits per heavy atom. The molecule has 0 amide bonds. The van der Waals surface area contributed by atoms with Gasteiger partial charge in [0.15, 0.2) is 4.47 Å². The normalized spacial score (nSPS) is 10.4. The van der Waals surface area contributed by atoms with E-state index in [-0.39, 0.29) is 0 Å². The van der Waals surface area contributed by atoms with Crippen molar-refractivity contribution in [3.05, 3.63) is 40.5 Å². The summed E-state index contributed by atoms with van der Waals surface area (Å²) in [5.41, 5.74) is 2.18. The SMILES string of the molecule is Clc1nc(CBr)c(-c2ccccc2)s1. The van der Waals surface area contributed by atoms with Gasteiger partial charge < -0.3 is 0 Å². The van der Waals surface area contributed by atoms with E-state index in [0.29, 0.717) is 4.47 Å². The number of alkyl halides is 1. The van der Waals surface area contributed by atoms with Crippen LogP contribution < -0.4 is 0 Å². The molecule has 0 atom stereocenters. The van der Waals surface area contributed by atoms with E-state index in [9.17, 15) is 0 Å². The van der Waals surface area contributed by atoms with E-state index >= 15 is 0 Å². The standard InChI is InChI=1S/C10H7BrClNS/c11-6-8-9(14-10(12)13-8)7-4-2-1-3-5-7/h1-5H,6H2. The van der Waals surface area contributed by atoms with E-state index in [1.54, 1.807) is 0 Å². The van der Waals surface area contributed by atoms with Crippen LogP contribution in [-0.2, 0) is 5.33 Å². The zero-order valence-electron chi connectivity index (χ0n) is 7.21. The summed E-state index contributed by atoms with van der Waals surface area (Å²) < 4.78 is 0.596. The zero-order valence-corrected chi connectivity index (χ0v) is 10.4. The predicted molar refractivity (Wildman–Crippen MR) is 65.2 cm³/mol. The molecule has 0 aliphatic carbocycles. The average Bonchev–Trinajstić information content (AvgIpc) is 2.61. The summed E-state index contributed by atoms with van der Waals surface area (Å²) in [6, 6.07) is 10.2. The van der Waals surface area contributed by atoms with Crippen LogP contribution in [0.2, 0.25) is 4.47 Å². The third-order valence-corrected chi connectivity index (χ3v) is 3.62. The van der Waals surface area contributed by atoms with Gasteiger partial charge in [0, 0.05) is 5.33 Å². The van der Waals surface area contributed by atoms with E-state index in [0.717, 1.165) is 15.9 Å². The van der Waals surface area contributed by atoms with Crippen LogP contribution in [0.15, 0.2) is 30.3 Å². The maximum Gasteiger partial charge on any atom is 0.184 e. The van der Waals surface area contributed by atoms with Crippen molar-refractivity contribution in [1.29, 1.82) is 0 Å². The number of hydrogen-bond acceptors (Lipinski definition) is 2. The minimum absolute atomic E-state index is 0.596. The first-order valence-corrected chi connectivity index (χ1v) is 6.39. The second-order valence-electron chi connectivity index (χ2n) is 2.74. The topological polar surface area (TPSA) is 12.9 Å². The van der Waals surface area contributed by atoms with Gasteiger partial charge in [0.2, 0.25) is 0 Å². The number of thiazole rings is 1. The van der Waals surface area contributed by atoms with Crippen molar-refractivity contribution in [3.8, 4) is 10.4 Å². The van der Waals surface area contributed by atoms with Gasteiger partial charge in [-0.1, -0.05) is 57.9 Å². The maximum absolute atomic E-state index is 5.88. The number of benzene rings is 1. The Hall–Kier alpha value is -0.380. The number of nitrogens with zero attached hydrogens (tertiary/aromatic N) is 1. The van der Waals surface area contributed by atoms with Crippen LogP contribution in [0.25, 0.3) is 10.4 Å². The summed E-state index contributed by atoms with van der Waals surface area (Å²) in [5.74, 6) is 0. The molecular weight excluding hydrogens is 282 g/mol. The molecule has 0 saturated heterocycles. The third kappa shape index (κ3) is 2.00. The molecule has 4 heteroatoms. The Bertz CT molecular complexity index is 427. The molecule has 1 heterocycles. The first kappa shape index (κ1) is 10.1. The minimum Gasteiger partial charge on any atom is -0.228 e. The summed E-state index contributed by atoms with van der Waals surface area (Å²) in [5, 5.41) is 0.737. The molecule has 1 aromatic carbocycles. The molecule has 0 fully saturated rings. The highest BCUT2D eigenvalue weighted by molar-refractivity contribution is 9.08. The van der Waals surface area contributed by atoms with Gasteiger partial charge in [-0.2, -0.15) is 0 Å². The van der Waals surface area contributed by atoms with E-state index in [4.69, 9.17) is 11.6 Å². The van der Waals surface area contributed by atoms with Crippen molar-refractivity contribution in [3.63, 3.8) is 0 Å². The molecule has 14 heavy (non-hydrogen) atoms. The Labute approximate surface area is 99.9 Å². The molecule has 0 bridgehead atoms. The van der Waals surface area contributed by atoms with Crippen molar-refractivity contribution in [2.75, 3.05) is 0 Å². The number of halogens is 2. The molecule has 2 aromatic rings. The number of hydrogen-bond donors (Lipinski definition) is 0. The number of rotatable bonds is 2. The lowest BCUT2D eigenvalue weighted by Gasteiger charge is -1.97. The summed E-state index contributed by atoms with van der Waals surface area (Å²) in [7, 11) is 0. The molecule has 72 valence electrons. The van der Waals surface area contributed by atoms with Gasteiger partial charge in [0.25, 0.3) is 0 Å². The van der Waals surface area contributed by atoms with Crippen LogP contribution in [0.1, 0.15) is 5.69 Å². The molecule has 1 aromatic heterocycles. The molecule has 0 N–H and O–H groups in total. The van der Waals surface area contributed by atoms with Crippen molar-refractivity contribution < 1.29 is 0 Å². The van der Waals surface area contributed by atoms with E-state index < -0.39 is 0 Å². The van der Waals surface area contributed by atoms with Gasteiger partial charge in [-0.25, -0.2) is 4.98 Å². The largest absolute Gasteiger partial charge is 0.228 e. The fraction of sp³-hybridized carbons (Fsp3) is 0.100. The highest BCUT2D eigenvalue weighted by Crippen LogP contribution is 2.33. The van der Waals surface area contributed by atoms with Crippen LogP contribution in [0.5, 0.6) is 0 Å². The average molecular weight is 289 g/mol. The molecule has 2 rings (SSSR count). The zero-order chi connectivity index (χ0) is 9.97. The Kier molecular flexibility index (Phi) is 3.21. The molecule has 0 saturated carbocycles. The molecule has 1 nitrogen and oxygen atoms in total. The van der Waals surface area contributed by atoms with Gasteiger partial charge in [0.05, 0.1) is 10.6 Å². The molecule has 0 aliphatic heterocycles. The van der Waals surface area contributed by atoms with Crippen LogP contribution in [0.3, 0.4) is 0 Å². The lowest BCUT2D eigenvalue weighted by atomic mass is 10.2. The highest BCUT2D eigenvalue weighted by atomic mass is 79.9. The van der Waals surface area contributed by atoms with Gasteiger partial charge in [-0.15, -0.1) is 11.3 Å². The molecule has 0 unspecified atom stereocenters. The third-order valence-electron chi connectivity index (χ3n) is 1.83. The predicted octanol–water partition coefficient (Wildman–Crippen LogP) is 4.36. The fourth-order valence-corrected chi connectivity index (χ4v) is 2.97. The monoisotopic (exact) mass is 287 g/mol. The van der Waals surface area contributed by atoms with Gasteiger partial charge in [-0.3, -0.25) is 0 Å². The van der Waals surface area contributed by atoms with Crippen molar-refractivity contribution in [2.45, 2.75) is 5.33 Å². The summed E-state index contributed by atoms with van der Waals surface area (Å²) in [4.78, 5) is 5.39. The lowest BCUT2D eigenvalue weighted by Crippen LogP contribution is -1.80. The Morgan fingerprint density at radius 3 is 2.64 bits per heavy atom. The van der Waals surface area contributed by atoms with Crippen molar-refractivity contribution in [1.82, 2.24) is 4.98 Å². The molecule has 0 radical (unpaired) electrons. The quantitative estimate of drug-likeness (QED) is 0.748. The second kappa shape index (κ2) is 4.43. The van der Waals surface area contributed by atoms with E-state index in [1.165, 1.54) is 16.9 Å². The minimum atomic E-state index is 0.596. The van der Waals surface area contributed by atoms with Gasteiger partial charge in [-0.05, 0) is 5.56 Å². The molecule has 0 spiro atoms. The highest BCUT2D eigenvalue weighted by Gasteiger charge is 2.09. The summed E-state index contributed by atoms with van der Waals surface area (Å²) in [6.07, 6.45) is 0. The molecule has 0 aliphatic rings. The first-order valence-electron chi connectivity index (χ1n) is 4.08. The summed E-state index contributed by atoms with van der Waals surface area (Å²) >= 11 is 10.8. The van der Waals surface area contributed by atoms with Crippen LogP contribution in [0, 0.1) is 0 Å². The van der Waals surface area contributed by atoms with E-state index in [2.05, 4.69) is 33.0 Å². The number of aromatic nitrogens is 1. The molecular formula is C10H7BrClNS. The van der Waals surface area contributed by atoms with Crippen LogP contribution >= 0.6 is 38.9 Å². The van der Waals surface area contributed by atoms with E-state index in [1.807, 2.05) is 18.2 Å². The Morgan fingerprint density at radius 1 is 1.29 bits per heavy atom. The second-order valence-corrected chi connectivity index (χ2v) is 4.88.